The summed E-state index contributed by atoms with van der Waals surface area (Å²) in [6, 6.07) is 5.67. The van der Waals surface area contributed by atoms with Gasteiger partial charge in [0.25, 0.3) is 0 Å². The first-order chi connectivity index (χ1) is 15.0. The maximum Gasteiger partial charge on any atom is 0.245 e. The van der Waals surface area contributed by atoms with E-state index in [1.807, 2.05) is 36.3 Å². The SMILES string of the molecule is C=C1C=CC(N2CCC3(CCC3)CC2)N(C)N1CC(=O)Nc1ccc2cncnc2c1. The summed E-state index contributed by atoms with van der Waals surface area (Å²) in [5.41, 5.74) is 2.99. The Kier molecular flexibility index (Phi) is 5.24. The molecule has 3 heterocycles. The van der Waals surface area contributed by atoms with Crippen molar-refractivity contribution in [3.63, 3.8) is 0 Å². The first-order valence-corrected chi connectivity index (χ1v) is 11.1. The zero-order valence-electron chi connectivity index (χ0n) is 18.1. The lowest BCUT2D eigenvalue weighted by Crippen LogP contribution is -2.58. The lowest BCUT2D eigenvalue weighted by molar-refractivity contribution is -0.125. The van der Waals surface area contributed by atoms with Gasteiger partial charge < -0.3 is 5.32 Å². The Morgan fingerprint density at radius 2 is 2.06 bits per heavy atom. The van der Waals surface area contributed by atoms with Crippen LogP contribution < -0.4 is 5.32 Å². The van der Waals surface area contributed by atoms with E-state index in [9.17, 15) is 4.79 Å². The second-order valence-corrected chi connectivity index (χ2v) is 9.13. The zero-order chi connectivity index (χ0) is 21.4. The first kappa shape index (κ1) is 20.2. The third-order valence-electron chi connectivity index (χ3n) is 7.29. The Morgan fingerprint density at radius 3 is 2.81 bits per heavy atom. The number of carbonyl (C=O) groups is 1. The molecule has 1 atom stereocenters. The molecule has 2 aliphatic heterocycles. The standard InChI is InChI=1S/C24H30N6O/c1-18-4-7-23(29-12-10-24(11-13-29)8-3-9-24)28(2)30(18)16-22(31)27-20-6-5-19-15-25-17-26-21(19)14-20/h4-7,14-15,17,23H,1,3,8-13,16H2,2H3,(H,27,31). The Bertz CT molecular complexity index is 1020. The summed E-state index contributed by atoms with van der Waals surface area (Å²) in [6.45, 7) is 6.60. The molecule has 1 amide bonds. The van der Waals surface area contributed by atoms with Gasteiger partial charge in [0, 0.05) is 43.1 Å². The van der Waals surface area contributed by atoms with Gasteiger partial charge in [-0.1, -0.05) is 13.0 Å². The van der Waals surface area contributed by atoms with Gasteiger partial charge in [0.1, 0.15) is 12.9 Å². The molecule has 2 aromatic rings. The summed E-state index contributed by atoms with van der Waals surface area (Å²) < 4.78 is 0. The van der Waals surface area contributed by atoms with Gasteiger partial charge in [-0.15, -0.1) is 0 Å². The lowest BCUT2D eigenvalue weighted by atomic mass is 9.63. The Morgan fingerprint density at radius 1 is 1.26 bits per heavy atom. The third kappa shape index (κ3) is 3.95. The number of hydrazine groups is 1. The van der Waals surface area contributed by atoms with E-state index in [4.69, 9.17) is 0 Å². The molecule has 7 heteroatoms. The number of allylic oxidation sites excluding steroid dienone is 1. The van der Waals surface area contributed by atoms with Crippen molar-refractivity contribution in [2.45, 2.75) is 38.3 Å². The normalized spacial score (nSPS) is 23.8. The molecule has 0 radical (unpaired) electrons. The van der Waals surface area contributed by atoms with Crippen LogP contribution in [0.3, 0.4) is 0 Å². The van der Waals surface area contributed by atoms with E-state index in [1.165, 1.54) is 38.4 Å². The molecule has 0 bridgehead atoms. The van der Waals surface area contributed by atoms with Gasteiger partial charge in [0.05, 0.1) is 11.7 Å². The Balaban J connectivity index is 1.23. The molecule has 31 heavy (non-hydrogen) atoms. The largest absolute Gasteiger partial charge is 0.324 e. The lowest BCUT2D eigenvalue weighted by Gasteiger charge is -2.52. The van der Waals surface area contributed by atoms with E-state index in [1.54, 1.807) is 6.20 Å². The van der Waals surface area contributed by atoms with E-state index in [-0.39, 0.29) is 18.6 Å². The maximum atomic E-state index is 12.8. The predicted molar refractivity (Wildman–Crippen MR) is 122 cm³/mol. The van der Waals surface area contributed by atoms with Crippen molar-refractivity contribution in [1.82, 2.24) is 24.9 Å². The van der Waals surface area contributed by atoms with Gasteiger partial charge in [0.2, 0.25) is 5.91 Å². The molecule has 1 aliphatic carbocycles. The highest BCUT2D eigenvalue weighted by atomic mass is 16.2. The maximum absolute atomic E-state index is 12.8. The molecular weight excluding hydrogens is 388 g/mol. The van der Waals surface area contributed by atoms with Crippen molar-refractivity contribution >= 4 is 22.5 Å². The number of likely N-dealkylation sites (tertiary alicyclic amines) is 1. The average Bonchev–Trinajstić information content (AvgIpc) is 2.76. The predicted octanol–water partition coefficient (Wildman–Crippen LogP) is 3.39. The van der Waals surface area contributed by atoms with Crippen molar-refractivity contribution in [2.75, 3.05) is 32.0 Å². The van der Waals surface area contributed by atoms with E-state index >= 15 is 0 Å². The topological polar surface area (TPSA) is 64.6 Å². The molecule has 3 aliphatic rings. The highest BCUT2D eigenvalue weighted by molar-refractivity contribution is 5.94. The number of anilines is 1. The first-order valence-electron chi connectivity index (χ1n) is 11.1. The molecule has 162 valence electrons. The van der Waals surface area contributed by atoms with Gasteiger partial charge >= 0.3 is 0 Å². The van der Waals surface area contributed by atoms with Gasteiger partial charge in [-0.25, -0.2) is 15.0 Å². The van der Waals surface area contributed by atoms with Gasteiger partial charge in [0.15, 0.2) is 0 Å². The van der Waals surface area contributed by atoms with Crippen LogP contribution >= 0.6 is 0 Å². The summed E-state index contributed by atoms with van der Waals surface area (Å²) in [5.74, 6) is -0.0810. The summed E-state index contributed by atoms with van der Waals surface area (Å²) in [7, 11) is 2.05. The molecule has 1 saturated carbocycles. The molecule has 1 unspecified atom stereocenters. The van der Waals surface area contributed by atoms with E-state index in [2.05, 4.69) is 37.8 Å². The molecule has 7 nitrogen and oxygen atoms in total. The Labute approximate surface area is 183 Å². The zero-order valence-corrected chi connectivity index (χ0v) is 18.1. The fourth-order valence-electron chi connectivity index (χ4n) is 5.15. The van der Waals surface area contributed by atoms with Crippen molar-refractivity contribution < 1.29 is 4.79 Å². The minimum atomic E-state index is -0.0810. The van der Waals surface area contributed by atoms with Crippen molar-refractivity contribution in [3.8, 4) is 0 Å². The number of amides is 1. The number of fused-ring (bicyclic) bond motifs is 1. The Hall–Kier alpha value is -2.77. The molecule has 1 saturated heterocycles. The number of aromatic nitrogens is 2. The number of nitrogens with one attached hydrogen (secondary N) is 1. The minimum Gasteiger partial charge on any atom is -0.324 e. The molecule has 1 aromatic carbocycles. The van der Waals surface area contributed by atoms with Gasteiger partial charge in [-0.2, -0.15) is 0 Å². The van der Waals surface area contributed by atoms with Crippen LogP contribution in [0.4, 0.5) is 5.69 Å². The van der Waals surface area contributed by atoms with Crippen LogP contribution in [0.5, 0.6) is 0 Å². The highest BCUT2D eigenvalue weighted by Crippen LogP contribution is 2.49. The van der Waals surface area contributed by atoms with Crippen LogP contribution in [0.1, 0.15) is 32.1 Å². The number of benzene rings is 1. The molecular formula is C24H30N6O. The molecule has 1 N–H and O–H groups in total. The monoisotopic (exact) mass is 418 g/mol. The van der Waals surface area contributed by atoms with Crippen LogP contribution in [0, 0.1) is 5.41 Å². The minimum absolute atomic E-state index is 0.0810. The van der Waals surface area contributed by atoms with E-state index < -0.39 is 0 Å². The number of rotatable bonds is 4. The van der Waals surface area contributed by atoms with Gasteiger partial charge in [-0.3, -0.25) is 14.7 Å². The molecule has 5 rings (SSSR count). The number of piperidine rings is 1. The second kappa shape index (κ2) is 8.05. The molecule has 1 aromatic heterocycles. The highest BCUT2D eigenvalue weighted by Gasteiger charge is 2.41. The van der Waals surface area contributed by atoms with Crippen molar-refractivity contribution in [1.29, 1.82) is 0 Å². The summed E-state index contributed by atoms with van der Waals surface area (Å²) >= 11 is 0. The van der Waals surface area contributed by atoms with E-state index in [0.29, 0.717) is 5.41 Å². The summed E-state index contributed by atoms with van der Waals surface area (Å²) in [6.07, 6.45) is 14.5. The fourth-order valence-corrected chi connectivity index (χ4v) is 5.15. The van der Waals surface area contributed by atoms with Crippen molar-refractivity contribution in [2.24, 2.45) is 5.41 Å². The quantitative estimate of drug-likeness (QED) is 0.821. The number of nitrogens with zero attached hydrogens (tertiary/aromatic N) is 5. The third-order valence-corrected chi connectivity index (χ3v) is 7.29. The summed E-state index contributed by atoms with van der Waals surface area (Å²) in [5, 5.41) is 8.06. The number of hydrogen-bond acceptors (Lipinski definition) is 6. The average molecular weight is 419 g/mol. The summed E-state index contributed by atoms with van der Waals surface area (Å²) in [4.78, 5) is 23.6. The fraction of sp³-hybridized carbons (Fsp3) is 0.458. The number of hydrogen-bond donors (Lipinski definition) is 1. The number of likely N-dealkylation sites (N-methyl/N-ethyl adjacent to an activating group) is 1. The molecule has 2 fully saturated rings. The smallest absolute Gasteiger partial charge is 0.245 e. The van der Waals surface area contributed by atoms with Crippen LogP contribution in [-0.2, 0) is 4.79 Å². The van der Waals surface area contributed by atoms with Crippen LogP contribution in [0.2, 0.25) is 0 Å². The molecule has 1 spiro atoms. The number of carbonyl (C=O) groups excluding carboxylic acids is 1. The van der Waals surface area contributed by atoms with Crippen molar-refractivity contribution in [3.05, 3.63) is 55.2 Å². The second-order valence-electron chi connectivity index (χ2n) is 9.13. The van der Waals surface area contributed by atoms with Crippen LogP contribution in [0.25, 0.3) is 10.9 Å². The van der Waals surface area contributed by atoms with Gasteiger partial charge in [-0.05, 0) is 61.4 Å². The van der Waals surface area contributed by atoms with E-state index in [0.717, 1.165) is 35.4 Å². The van der Waals surface area contributed by atoms with Crippen LogP contribution in [-0.4, -0.2) is 63.6 Å². The van der Waals surface area contributed by atoms with Crippen LogP contribution in [0.15, 0.2) is 55.2 Å².